The Morgan fingerprint density at radius 2 is 1.86 bits per heavy atom. The van der Waals surface area contributed by atoms with Crippen molar-refractivity contribution in [2.45, 2.75) is 33.1 Å². The predicted molar refractivity (Wildman–Crippen MR) is 62.8 cm³/mol. The van der Waals surface area contributed by atoms with E-state index in [0.717, 1.165) is 15.6 Å². The lowest BCUT2D eigenvalue weighted by atomic mass is 9.83. The highest BCUT2D eigenvalue weighted by Crippen LogP contribution is 2.28. The van der Waals surface area contributed by atoms with E-state index < -0.39 is 0 Å². The van der Waals surface area contributed by atoms with Crippen molar-refractivity contribution in [2.75, 3.05) is 0 Å². The van der Waals surface area contributed by atoms with Crippen molar-refractivity contribution in [3.8, 4) is 0 Å². The molecule has 0 saturated carbocycles. The van der Waals surface area contributed by atoms with Gasteiger partial charge < -0.3 is 0 Å². The molecule has 1 nitrogen and oxygen atoms in total. The minimum absolute atomic E-state index is 0.00475. The number of benzene rings is 1. The molecule has 0 aromatic heterocycles. The molecule has 1 aromatic rings. The van der Waals surface area contributed by atoms with Crippen LogP contribution in [0.5, 0.6) is 0 Å². The minimum Gasteiger partial charge on any atom is -0.295 e. The molecular weight excluding hydrogens is 240 g/mol. The van der Waals surface area contributed by atoms with E-state index in [4.69, 9.17) is 0 Å². The highest BCUT2D eigenvalue weighted by Gasteiger charge is 2.19. The number of ketones is 1. The van der Waals surface area contributed by atoms with Gasteiger partial charge in [0.25, 0.3) is 0 Å². The van der Waals surface area contributed by atoms with Crippen LogP contribution in [0.15, 0.2) is 22.7 Å². The molecule has 0 unspecified atom stereocenters. The summed E-state index contributed by atoms with van der Waals surface area (Å²) in [7, 11) is 0. The van der Waals surface area contributed by atoms with Gasteiger partial charge in [-0.25, -0.2) is 0 Å². The average Bonchev–Trinajstić information content (AvgIpc) is 2.01. The van der Waals surface area contributed by atoms with E-state index >= 15 is 0 Å². The summed E-state index contributed by atoms with van der Waals surface area (Å²) in [6.07, 6.45) is 0. The van der Waals surface area contributed by atoms with Crippen molar-refractivity contribution in [1.82, 2.24) is 0 Å². The van der Waals surface area contributed by atoms with Gasteiger partial charge in [0.15, 0.2) is 5.78 Å². The van der Waals surface area contributed by atoms with Crippen molar-refractivity contribution in [3.05, 3.63) is 33.8 Å². The molecule has 0 atom stereocenters. The maximum atomic E-state index is 11.4. The molecule has 0 heterocycles. The number of carbonyl (C=O) groups excluding carboxylic acids is 1. The lowest BCUT2D eigenvalue weighted by molar-refractivity contribution is 0.101. The topological polar surface area (TPSA) is 17.1 Å². The fourth-order valence-corrected chi connectivity index (χ4v) is 1.81. The smallest absolute Gasteiger partial charge is 0.160 e. The highest BCUT2D eigenvalue weighted by molar-refractivity contribution is 9.10. The SMILES string of the molecule is CC(=O)c1ccc(Br)cc1C(C)(C)C. The number of hydrogen-bond acceptors (Lipinski definition) is 1. The Morgan fingerprint density at radius 3 is 2.29 bits per heavy atom. The minimum atomic E-state index is 0.00475. The maximum Gasteiger partial charge on any atom is 0.160 e. The molecule has 0 spiro atoms. The zero-order valence-electron chi connectivity index (χ0n) is 9.02. The number of hydrogen-bond donors (Lipinski definition) is 0. The zero-order valence-corrected chi connectivity index (χ0v) is 10.6. The lowest BCUT2D eigenvalue weighted by Gasteiger charge is -2.22. The summed E-state index contributed by atoms with van der Waals surface area (Å²) in [5, 5.41) is 0. The first kappa shape index (κ1) is 11.4. The molecule has 76 valence electrons. The predicted octanol–water partition coefficient (Wildman–Crippen LogP) is 3.95. The molecule has 0 bridgehead atoms. The first-order chi connectivity index (χ1) is 6.32. The van der Waals surface area contributed by atoms with Crippen molar-refractivity contribution in [2.24, 2.45) is 0 Å². The Balaban J connectivity index is 3.38. The second-order valence-corrected chi connectivity index (χ2v) is 5.41. The van der Waals surface area contributed by atoms with Crippen LogP contribution in [-0.4, -0.2) is 5.78 Å². The third-order valence-electron chi connectivity index (χ3n) is 2.17. The van der Waals surface area contributed by atoms with Gasteiger partial charge in [0, 0.05) is 10.0 Å². The lowest BCUT2D eigenvalue weighted by Crippen LogP contribution is -2.15. The monoisotopic (exact) mass is 254 g/mol. The molecule has 0 amide bonds. The Bertz CT molecular complexity index is 361. The van der Waals surface area contributed by atoms with E-state index in [1.165, 1.54) is 0 Å². The molecular formula is C12H15BrO. The molecule has 14 heavy (non-hydrogen) atoms. The van der Waals surface area contributed by atoms with Gasteiger partial charge in [0.1, 0.15) is 0 Å². The summed E-state index contributed by atoms with van der Waals surface area (Å²) in [5.74, 6) is 0.127. The largest absolute Gasteiger partial charge is 0.295 e. The Hall–Kier alpha value is -0.630. The summed E-state index contributed by atoms with van der Waals surface area (Å²) in [5.41, 5.74) is 1.92. The van der Waals surface area contributed by atoms with Crippen LogP contribution in [0.1, 0.15) is 43.6 Å². The average molecular weight is 255 g/mol. The Morgan fingerprint density at radius 1 is 1.29 bits per heavy atom. The maximum absolute atomic E-state index is 11.4. The van der Waals surface area contributed by atoms with Crippen LogP contribution in [-0.2, 0) is 5.41 Å². The highest BCUT2D eigenvalue weighted by atomic mass is 79.9. The van der Waals surface area contributed by atoms with Crippen LogP contribution in [0.4, 0.5) is 0 Å². The van der Waals surface area contributed by atoms with Crippen LogP contribution in [0.2, 0.25) is 0 Å². The molecule has 1 rings (SSSR count). The molecule has 2 heteroatoms. The summed E-state index contributed by atoms with van der Waals surface area (Å²) in [6.45, 7) is 7.95. The van der Waals surface area contributed by atoms with Crippen molar-refractivity contribution in [1.29, 1.82) is 0 Å². The number of carbonyl (C=O) groups is 1. The summed E-state index contributed by atoms with van der Waals surface area (Å²) in [4.78, 5) is 11.4. The fourth-order valence-electron chi connectivity index (χ4n) is 1.44. The van der Waals surface area contributed by atoms with Crippen molar-refractivity contribution >= 4 is 21.7 Å². The normalized spacial score (nSPS) is 11.5. The standard InChI is InChI=1S/C12H15BrO/c1-8(14)10-6-5-9(13)7-11(10)12(2,3)4/h5-7H,1-4H3. The third-order valence-corrected chi connectivity index (χ3v) is 2.66. The van der Waals surface area contributed by atoms with Gasteiger partial charge in [0.05, 0.1) is 0 Å². The summed E-state index contributed by atoms with van der Waals surface area (Å²) >= 11 is 3.43. The molecule has 0 saturated heterocycles. The third kappa shape index (κ3) is 2.44. The molecule has 0 aliphatic rings. The van der Waals surface area contributed by atoms with Gasteiger partial charge >= 0.3 is 0 Å². The van der Waals surface area contributed by atoms with Crippen molar-refractivity contribution in [3.63, 3.8) is 0 Å². The quantitative estimate of drug-likeness (QED) is 0.694. The fraction of sp³-hybridized carbons (Fsp3) is 0.417. The number of rotatable bonds is 1. The van der Waals surface area contributed by atoms with Crippen LogP contribution in [0.25, 0.3) is 0 Å². The number of Topliss-reactive ketones (excluding diaryl/α,β-unsaturated/α-hetero) is 1. The van der Waals surface area contributed by atoms with Gasteiger partial charge in [-0.2, -0.15) is 0 Å². The van der Waals surface area contributed by atoms with Gasteiger partial charge in [-0.15, -0.1) is 0 Å². The summed E-state index contributed by atoms with van der Waals surface area (Å²) < 4.78 is 1.02. The second kappa shape index (κ2) is 3.85. The molecule has 1 aromatic carbocycles. The molecule has 0 fully saturated rings. The van der Waals surface area contributed by atoms with E-state index in [0.29, 0.717) is 0 Å². The molecule has 0 aliphatic carbocycles. The first-order valence-electron chi connectivity index (χ1n) is 4.63. The van der Waals surface area contributed by atoms with E-state index in [1.54, 1.807) is 6.92 Å². The van der Waals surface area contributed by atoms with E-state index in [2.05, 4.69) is 36.7 Å². The molecule has 0 N–H and O–H groups in total. The van der Waals surface area contributed by atoms with E-state index in [-0.39, 0.29) is 11.2 Å². The second-order valence-electron chi connectivity index (χ2n) is 4.50. The van der Waals surface area contributed by atoms with Crippen LogP contribution in [0, 0.1) is 0 Å². The zero-order chi connectivity index (χ0) is 10.9. The van der Waals surface area contributed by atoms with Crippen LogP contribution < -0.4 is 0 Å². The van der Waals surface area contributed by atoms with Crippen LogP contribution in [0.3, 0.4) is 0 Å². The van der Waals surface area contributed by atoms with Gasteiger partial charge in [-0.05, 0) is 30.0 Å². The summed E-state index contributed by atoms with van der Waals surface area (Å²) in [6, 6.07) is 5.82. The Labute approximate surface area is 93.7 Å². The van der Waals surface area contributed by atoms with Crippen molar-refractivity contribution < 1.29 is 4.79 Å². The van der Waals surface area contributed by atoms with Gasteiger partial charge in [-0.3, -0.25) is 4.79 Å². The molecule has 0 aliphatic heterocycles. The van der Waals surface area contributed by atoms with Gasteiger partial charge in [-0.1, -0.05) is 42.8 Å². The van der Waals surface area contributed by atoms with E-state index in [1.807, 2.05) is 18.2 Å². The number of halogens is 1. The van der Waals surface area contributed by atoms with Gasteiger partial charge in [0.2, 0.25) is 0 Å². The Kier molecular flexibility index (Phi) is 3.15. The van der Waals surface area contributed by atoms with E-state index in [9.17, 15) is 4.79 Å². The molecule has 0 radical (unpaired) electrons. The van der Waals surface area contributed by atoms with Crippen LogP contribution >= 0.6 is 15.9 Å². The first-order valence-corrected chi connectivity index (χ1v) is 5.42.